The summed E-state index contributed by atoms with van der Waals surface area (Å²) in [5.74, 6) is -1.26. The molecule has 1 aromatic carbocycles. The minimum Gasteiger partial charge on any atom is -0.479 e. The van der Waals surface area contributed by atoms with Crippen LogP contribution in [0, 0.1) is 6.92 Å². The normalized spacial score (nSPS) is 12.6. The minimum absolute atomic E-state index is 0.351. The molecule has 1 unspecified atom stereocenters. The van der Waals surface area contributed by atoms with E-state index in [9.17, 15) is 9.90 Å². The van der Waals surface area contributed by atoms with Gasteiger partial charge in [-0.1, -0.05) is 31.9 Å². The molecular weight excluding hydrogens is 316 g/mol. The number of carboxylic acid groups (broad SMARTS) is 1. The highest BCUT2D eigenvalue weighted by molar-refractivity contribution is 9.11. The van der Waals surface area contributed by atoms with Crippen molar-refractivity contribution < 1.29 is 15.0 Å². The lowest BCUT2D eigenvalue weighted by Crippen LogP contribution is -2.11. The van der Waals surface area contributed by atoms with Crippen molar-refractivity contribution >= 4 is 37.8 Å². The first-order valence-corrected chi connectivity index (χ1v) is 5.38. The maximum Gasteiger partial charge on any atom is 0.337 e. The van der Waals surface area contributed by atoms with E-state index in [-0.39, 0.29) is 0 Å². The quantitative estimate of drug-likeness (QED) is 0.879. The molecule has 5 heteroatoms. The van der Waals surface area contributed by atoms with E-state index in [1.807, 2.05) is 13.0 Å². The highest BCUT2D eigenvalue weighted by Crippen LogP contribution is 2.30. The third-order valence-electron chi connectivity index (χ3n) is 1.78. The Bertz CT molecular complexity index is 377. The van der Waals surface area contributed by atoms with E-state index >= 15 is 0 Å². The number of hydrogen-bond donors (Lipinski definition) is 2. The van der Waals surface area contributed by atoms with Gasteiger partial charge in [0.1, 0.15) is 0 Å². The fourth-order valence-corrected chi connectivity index (χ4v) is 2.12. The second-order valence-corrected chi connectivity index (χ2v) is 4.58. The fraction of sp³-hybridized carbons (Fsp3) is 0.222. The molecule has 1 rings (SSSR count). The van der Waals surface area contributed by atoms with Crippen molar-refractivity contribution in [2.45, 2.75) is 13.0 Å². The minimum atomic E-state index is -1.50. The maximum absolute atomic E-state index is 10.6. The molecule has 1 aromatic rings. The maximum atomic E-state index is 10.6. The highest BCUT2D eigenvalue weighted by atomic mass is 79.9. The molecule has 0 saturated carbocycles. The number of aliphatic carboxylic acids is 1. The number of aliphatic hydroxyl groups is 1. The van der Waals surface area contributed by atoms with Gasteiger partial charge in [0.15, 0.2) is 6.10 Å². The van der Waals surface area contributed by atoms with Gasteiger partial charge in [-0.25, -0.2) is 4.79 Å². The van der Waals surface area contributed by atoms with Crippen LogP contribution in [-0.4, -0.2) is 16.2 Å². The number of aryl methyl sites for hydroxylation is 1. The van der Waals surface area contributed by atoms with Gasteiger partial charge in [0.2, 0.25) is 0 Å². The zero-order valence-corrected chi connectivity index (χ0v) is 10.5. The van der Waals surface area contributed by atoms with Crippen LogP contribution in [0.3, 0.4) is 0 Å². The predicted molar refractivity (Wildman–Crippen MR) is 59.2 cm³/mol. The van der Waals surface area contributed by atoms with Crippen LogP contribution in [0.25, 0.3) is 0 Å². The zero-order valence-electron chi connectivity index (χ0n) is 7.29. The second kappa shape index (κ2) is 4.42. The number of halogens is 2. The summed E-state index contributed by atoms with van der Waals surface area (Å²) in [4.78, 5) is 10.6. The summed E-state index contributed by atoms with van der Waals surface area (Å²) in [7, 11) is 0. The first kappa shape index (κ1) is 11.7. The summed E-state index contributed by atoms with van der Waals surface area (Å²) in [6.45, 7) is 1.83. The molecule has 3 nitrogen and oxygen atoms in total. The molecule has 2 N–H and O–H groups in total. The van der Waals surface area contributed by atoms with Crippen LogP contribution in [0.5, 0.6) is 0 Å². The Morgan fingerprint density at radius 1 is 1.43 bits per heavy atom. The zero-order chi connectivity index (χ0) is 10.9. The second-order valence-electron chi connectivity index (χ2n) is 2.87. The lowest BCUT2D eigenvalue weighted by Gasteiger charge is -2.11. The molecule has 0 amide bonds. The van der Waals surface area contributed by atoms with E-state index in [0.717, 1.165) is 10.0 Å². The van der Waals surface area contributed by atoms with Gasteiger partial charge in [0, 0.05) is 14.5 Å². The fourth-order valence-electron chi connectivity index (χ4n) is 1.08. The third-order valence-corrected chi connectivity index (χ3v) is 3.32. The third kappa shape index (κ3) is 2.34. The number of rotatable bonds is 2. The van der Waals surface area contributed by atoms with Crippen molar-refractivity contribution in [1.82, 2.24) is 0 Å². The standard InChI is InChI=1S/C9H8Br2O3/c1-4-2-5(10)3-6(7(4)11)8(12)9(13)14/h2-3,8,12H,1H3,(H,13,14). The Kier molecular flexibility index (Phi) is 3.69. The first-order valence-electron chi connectivity index (χ1n) is 3.80. The summed E-state index contributed by atoms with van der Waals surface area (Å²) in [6.07, 6.45) is -1.50. The molecule has 0 saturated heterocycles. The van der Waals surface area contributed by atoms with E-state index in [2.05, 4.69) is 31.9 Å². The molecule has 0 radical (unpaired) electrons. The molecule has 76 valence electrons. The molecule has 14 heavy (non-hydrogen) atoms. The van der Waals surface area contributed by atoms with Crippen molar-refractivity contribution in [3.63, 3.8) is 0 Å². The van der Waals surface area contributed by atoms with Crippen LogP contribution < -0.4 is 0 Å². The van der Waals surface area contributed by atoms with Crippen LogP contribution in [0.4, 0.5) is 0 Å². The first-order chi connectivity index (χ1) is 6.43. The Morgan fingerprint density at radius 2 is 2.00 bits per heavy atom. The van der Waals surface area contributed by atoms with Gasteiger partial charge in [-0.15, -0.1) is 0 Å². The van der Waals surface area contributed by atoms with Crippen molar-refractivity contribution in [2.75, 3.05) is 0 Å². The van der Waals surface area contributed by atoms with Gasteiger partial charge >= 0.3 is 5.97 Å². The van der Waals surface area contributed by atoms with Gasteiger partial charge < -0.3 is 10.2 Å². The van der Waals surface area contributed by atoms with Gasteiger partial charge in [-0.3, -0.25) is 0 Å². The number of carbonyl (C=O) groups is 1. The van der Waals surface area contributed by atoms with E-state index < -0.39 is 12.1 Å². The molecule has 0 aliphatic heterocycles. The lowest BCUT2D eigenvalue weighted by molar-refractivity contribution is -0.147. The monoisotopic (exact) mass is 322 g/mol. The van der Waals surface area contributed by atoms with E-state index in [1.165, 1.54) is 0 Å². The van der Waals surface area contributed by atoms with Gasteiger partial charge in [-0.2, -0.15) is 0 Å². The Hall–Kier alpha value is -0.390. The van der Waals surface area contributed by atoms with E-state index in [0.29, 0.717) is 10.0 Å². The van der Waals surface area contributed by atoms with E-state index in [4.69, 9.17) is 5.11 Å². The van der Waals surface area contributed by atoms with E-state index in [1.54, 1.807) is 6.07 Å². The number of hydrogen-bond acceptors (Lipinski definition) is 2. The summed E-state index contributed by atoms with van der Waals surface area (Å²) in [5, 5.41) is 18.0. The molecule has 0 aliphatic carbocycles. The topological polar surface area (TPSA) is 57.5 Å². The van der Waals surface area contributed by atoms with Crippen LogP contribution in [0.2, 0.25) is 0 Å². The van der Waals surface area contributed by atoms with Crippen molar-refractivity contribution in [3.05, 3.63) is 32.2 Å². The summed E-state index contributed by atoms with van der Waals surface area (Å²) in [6, 6.07) is 3.41. The molecule has 0 aromatic heterocycles. The van der Waals surface area contributed by atoms with Crippen molar-refractivity contribution in [2.24, 2.45) is 0 Å². The van der Waals surface area contributed by atoms with Crippen LogP contribution in [0.1, 0.15) is 17.2 Å². The lowest BCUT2D eigenvalue weighted by atomic mass is 10.1. The van der Waals surface area contributed by atoms with Crippen LogP contribution in [0.15, 0.2) is 21.1 Å². The summed E-state index contributed by atoms with van der Waals surface area (Å²) in [5.41, 5.74) is 1.22. The van der Waals surface area contributed by atoms with Crippen molar-refractivity contribution in [3.8, 4) is 0 Å². The highest BCUT2D eigenvalue weighted by Gasteiger charge is 2.20. The summed E-state index contributed by atoms with van der Waals surface area (Å²) < 4.78 is 1.36. The predicted octanol–water partition coefficient (Wildman–Crippen LogP) is 2.64. The van der Waals surface area contributed by atoms with Crippen LogP contribution in [-0.2, 0) is 4.79 Å². The average molecular weight is 324 g/mol. The molecule has 0 aliphatic rings. The Morgan fingerprint density at radius 3 is 2.50 bits per heavy atom. The van der Waals surface area contributed by atoms with Crippen LogP contribution >= 0.6 is 31.9 Å². The Balaban J connectivity index is 3.26. The molecule has 0 spiro atoms. The van der Waals surface area contributed by atoms with Gasteiger partial charge in [-0.05, 0) is 24.6 Å². The SMILES string of the molecule is Cc1cc(Br)cc(C(O)C(=O)O)c1Br. The molecule has 1 atom stereocenters. The number of benzene rings is 1. The molecule has 0 heterocycles. The largest absolute Gasteiger partial charge is 0.479 e. The smallest absolute Gasteiger partial charge is 0.337 e. The average Bonchev–Trinajstić information content (AvgIpc) is 2.09. The summed E-state index contributed by atoms with van der Waals surface area (Å²) >= 11 is 6.48. The van der Waals surface area contributed by atoms with Gasteiger partial charge in [0.25, 0.3) is 0 Å². The van der Waals surface area contributed by atoms with Gasteiger partial charge in [0.05, 0.1) is 0 Å². The molecular formula is C9H8Br2O3. The Labute approximate surface area is 98.0 Å². The molecule has 0 fully saturated rings. The number of aliphatic hydroxyl groups excluding tert-OH is 1. The van der Waals surface area contributed by atoms with Crippen molar-refractivity contribution in [1.29, 1.82) is 0 Å². The molecule has 0 bridgehead atoms. The number of carboxylic acids is 1.